The Morgan fingerprint density at radius 1 is 1.08 bits per heavy atom. The van der Waals surface area contributed by atoms with Gasteiger partial charge < -0.3 is 15.2 Å². The standard InChI is InChI=1S/C19H22N4O2/c1-16(2,3)13-8-6-12(7-9-13)14-17(10-20)15(22)23-19(24-4,25-5)18(14,17)11-21/h6-9,14H,1-5H3,(H2,22,23)/t14-,17-,18+/m0/s1. The van der Waals surface area contributed by atoms with Gasteiger partial charge in [0, 0.05) is 20.1 Å². The fraction of sp³-hybridized carbons (Fsp3) is 0.526. The summed E-state index contributed by atoms with van der Waals surface area (Å²) < 4.78 is 10.9. The molecule has 0 unspecified atom stereocenters. The van der Waals surface area contributed by atoms with Crippen LogP contribution in [0.4, 0.5) is 0 Å². The summed E-state index contributed by atoms with van der Waals surface area (Å²) in [7, 11) is 2.82. The molecule has 1 aliphatic carbocycles. The second-order valence-corrected chi connectivity index (χ2v) is 7.63. The van der Waals surface area contributed by atoms with Crippen LogP contribution in [0.3, 0.4) is 0 Å². The highest BCUT2D eigenvalue weighted by atomic mass is 16.7. The number of nitrogens with two attached hydrogens (primary N) is 1. The Hall–Kier alpha value is -2.41. The number of aliphatic imine (C=N–C) groups is 1. The fourth-order valence-electron chi connectivity index (χ4n) is 4.20. The van der Waals surface area contributed by atoms with Gasteiger partial charge in [-0.3, -0.25) is 0 Å². The highest BCUT2D eigenvalue weighted by Gasteiger charge is 2.93. The minimum Gasteiger partial charge on any atom is -0.386 e. The first-order valence-electron chi connectivity index (χ1n) is 8.10. The van der Waals surface area contributed by atoms with Gasteiger partial charge in [-0.15, -0.1) is 0 Å². The van der Waals surface area contributed by atoms with Gasteiger partial charge in [0.2, 0.25) is 0 Å². The topological polar surface area (TPSA) is 104 Å². The Morgan fingerprint density at radius 2 is 1.64 bits per heavy atom. The molecule has 3 rings (SSSR count). The van der Waals surface area contributed by atoms with Crippen molar-refractivity contribution in [3.05, 3.63) is 35.4 Å². The molecule has 25 heavy (non-hydrogen) atoms. The fourth-order valence-corrected chi connectivity index (χ4v) is 4.20. The monoisotopic (exact) mass is 338 g/mol. The molecule has 6 heteroatoms. The molecular weight excluding hydrogens is 316 g/mol. The van der Waals surface area contributed by atoms with Crippen molar-refractivity contribution in [2.45, 2.75) is 38.0 Å². The summed E-state index contributed by atoms with van der Waals surface area (Å²) in [5, 5.41) is 19.9. The number of methoxy groups -OCH3 is 2. The van der Waals surface area contributed by atoms with Crippen LogP contribution in [-0.4, -0.2) is 26.0 Å². The van der Waals surface area contributed by atoms with Crippen LogP contribution in [0.2, 0.25) is 0 Å². The number of nitrogens with zero attached hydrogens (tertiary/aromatic N) is 3. The van der Waals surface area contributed by atoms with Crippen LogP contribution < -0.4 is 5.73 Å². The molecule has 1 heterocycles. The first kappa shape index (κ1) is 17.4. The number of hydrogen-bond acceptors (Lipinski definition) is 6. The quantitative estimate of drug-likeness (QED) is 0.852. The largest absolute Gasteiger partial charge is 0.386 e. The lowest BCUT2D eigenvalue weighted by atomic mass is 9.86. The van der Waals surface area contributed by atoms with Crippen molar-refractivity contribution in [3.8, 4) is 12.1 Å². The van der Waals surface area contributed by atoms with E-state index in [0.717, 1.165) is 5.56 Å². The lowest BCUT2D eigenvalue weighted by molar-refractivity contribution is -0.230. The molecule has 130 valence electrons. The van der Waals surface area contributed by atoms with E-state index in [0.29, 0.717) is 0 Å². The summed E-state index contributed by atoms with van der Waals surface area (Å²) in [4.78, 5) is 4.21. The third-order valence-electron chi connectivity index (χ3n) is 5.59. The molecule has 0 amide bonds. The molecule has 0 saturated heterocycles. The molecule has 1 aliphatic heterocycles. The van der Waals surface area contributed by atoms with Crippen LogP contribution in [0.15, 0.2) is 29.3 Å². The highest BCUT2D eigenvalue weighted by Crippen LogP contribution is 2.81. The van der Waals surface area contributed by atoms with Gasteiger partial charge in [0.15, 0.2) is 5.41 Å². The smallest absolute Gasteiger partial charge is 0.292 e. The normalized spacial score (nSPS) is 32.3. The Labute approximate surface area is 147 Å². The SMILES string of the molecule is COC1(OC)N=C(N)[C@]2(C#N)[C@H](c3ccc(C(C)(C)C)cc3)[C@@]12C#N. The summed E-state index contributed by atoms with van der Waals surface area (Å²) >= 11 is 0. The number of amidine groups is 1. The Kier molecular flexibility index (Phi) is 3.51. The van der Waals surface area contributed by atoms with E-state index >= 15 is 0 Å². The first-order valence-corrected chi connectivity index (χ1v) is 8.10. The number of benzene rings is 1. The van der Waals surface area contributed by atoms with E-state index in [2.05, 4.69) is 37.9 Å². The van der Waals surface area contributed by atoms with Crippen LogP contribution in [-0.2, 0) is 14.9 Å². The number of rotatable bonds is 3. The average Bonchev–Trinajstić information content (AvgIpc) is 3.17. The minimum atomic E-state index is -1.57. The molecule has 3 atom stereocenters. The van der Waals surface area contributed by atoms with Gasteiger partial charge in [0.1, 0.15) is 11.3 Å². The summed E-state index contributed by atoms with van der Waals surface area (Å²) in [6, 6.07) is 12.4. The number of nitriles is 2. The molecular formula is C19H22N4O2. The van der Waals surface area contributed by atoms with Crippen LogP contribution in [0.5, 0.6) is 0 Å². The lowest BCUT2D eigenvalue weighted by Gasteiger charge is -2.29. The number of ether oxygens (including phenoxy) is 2. The van der Waals surface area contributed by atoms with Gasteiger partial charge in [-0.25, -0.2) is 4.99 Å². The number of fused-ring (bicyclic) bond motifs is 1. The van der Waals surface area contributed by atoms with E-state index in [1.165, 1.54) is 19.8 Å². The molecule has 0 spiro atoms. The summed E-state index contributed by atoms with van der Waals surface area (Å²) in [6.45, 7) is 6.40. The van der Waals surface area contributed by atoms with Crippen molar-refractivity contribution < 1.29 is 9.47 Å². The van der Waals surface area contributed by atoms with Gasteiger partial charge in [0.25, 0.3) is 5.91 Å². The highest BCUT2D eigenvalue weighted by molar-refractivity contribution is 6.00. The average molecular weight is 338 g/mol. The molecule has 2 aliphatic rings. The molecule has 0 bridgehead atoms. The zero-order chi connectivity index (χ0) is 18.7. The summed E-state index contributed by atoms with van der Waals surface area (Å²) in [6.07, 6.45) is 0. The second kappa shape index (κ2) is 5.05. The van der Waals surface area contributed by atoms with Crippen molar-refractivity contribution >= 4 is 5.84 Å². The van der Waals surface area contributed by atoms with Gasteiger partial charge >= 0.3 is 0 Å². The van der Waals surface area contributed by atoms with E-state index in [9.17, 15) is 10.5 Å². The van der Waals surface area contributed by atoms with E-state index in [4.69, 9.17) is 15.2 Å². The lowest BCUT2D eigenvalue weighted by Crippen LogP contribution is -2.41. The van der Waals surface area contributed by atoms with Crippen molar-refractivity contribution in [1.82, 2.24) is 0 Å². The minimum absolute atomic E-state index is 0.0150. The zero-order valence-electron chi connectivity index (χ0n) is 15.1. The van der Waals surface area contributed by atoms with E-state index in [1.54, 1.807) is 0 Å². The van der Waals surface area contributed by atoms with Crippen LogP contribution in [0.1, 0.15) is 37.8 Å². The summed E-state index contributed by atoms with van der Waals surface area (Å²) in [5.74, 6) is -1.94. The van der Waals surface area contributed by atoms with Crippen LogP contribution >= 0.6 is 0 Å². The van der Waals surface area contributed by atoms with Crippen LogP contribution in [0.25, 0.3) is 0 Å². The maximum atomic E-state index is 10.0. The summed E-state index contributed by atoms with van der Waals surface area (Å²) in [5.41, 5.74) is 5.60. The molecule has 2 N–H and O–H groups in total. The second-order valence-electron chi connectivity index (χ2n) is 7.63. The maximum absolute atomic E-state index is 10.0. The molecule has 1 saturated carbocycles. The Morgan fingerprint density at radius 3 is 2.04 bits per heavy atom. The van der Waals surface area contributed by atoms with Gasteiger partial charge in [-0.05, 0) is 16.5 Å². The van der Waals surface area contributed by atoms with Crippen molar-refractivity contribution in [2.75, 3.05) is 14.2 Å². The maximum Gasteiger partial charge on any atom is 0.292 e. The molecule has 1 fully saturated rings. The first-order chi connectivity index (χ1) is 11.7. The molecule has 0 aromatic heterocycles. The van der Waals surface area contributed by atoms with Crippen molar-refractivity contribution in [1.29, 1.82) is 10.5 Å². The van der Waals surface area contributed by atoms with E-state index < -0.39 is 22.7 Å². The molecule has 1 aromatic carbocycles. The number of hydrogen-bond donors (Lipinski definition) is 1. The van der Waals surface area contributed by atoms with E-state index in [1.807, 2.05) is 24.3 Å². The third kappa shape index (κ3) is 1.76. The van der Waals surface area contributed by atoms with E-state index in [-0.39, 0.29) is 11.3 Å². The molecule has 0 radical (unpaired) electrons. The predicted octanol–water partition coefficient (Wildman–Crippen LogP) is 2.42. The van der Waals surface area contributed by atoms with Gasteiger partial charge in [-0.2, -0.15) is 10.5 Å². The Balaban J connectivity index is 2.15. The third-order valence-corrected chi connectivity index (χ3v) is 5.59. The molecule has 1 aromatic rings. The zero-order valence-corrected chi connectivity index (χ0v) is 15.1. The molecule has 6 nitrogen and oxygen atoms in total. The predicted molar refractivity (Wildman–Crippen MR) is 92.3 cm³/mol. The van der Waals surface area contributed by atoms with Crippen LogP contribution in [0, 0.1) is 33.5 Å². The van der Waals surface area contributed by atoms with Crippen molar-refractivity contribution in [2.24, 2.45) is 21.6 Å². The Bertz CT molecular complexity index is 821. The van der Waals surface area contributed by atoms with Gasteiger partial charge in [0.05, 0.1) is 12.1 Å². The van der Waals surface area contributed by atoms with Gasteiger partial charge in [-0.1, -0.05) is 45.0 Å². The van der Waals surface area contributed by atoms with Crippen molar-refractivity contribution in [3.63, 3.8) is 0 Å².